The monoisotopic (exact) mass is 462 g/mol. The van der Waals surface area contributed by atoms with Gasteiger partial charge in [0, 0.05) is 30.3 Å². The van der Waals surface area contributed by atoms with Crippen molar-refractivity contribution < 1.29 is 13.9 Å². The van der Waals surface area contributed by atoms with E-state index in [1.54, 1.807) is 6.92 Å². The summed E-state index contributed by atoms with van der Waals surface area (Å²) in [6.07, 6.45) is 3.41. The minimum Gasteiger partial charge on any atom is -0.489 e. The Morgan fingerprint density at radius 3 is 2.54 bits per heavy atom. The second kappa shape index (κ2) is 9.11. The maximum atomic E-state index is 14.1. The first kappa shape index (κ1) is 21.1. The first-order chi connectivity index (χ1) is 12.2. The van der Waals surface area contributed by atoms with E-state index in [0.29, 0.717) is 23.4 Å². The fourth-order valence-corrected chi connectivity index (χ4v) is 3.48. The largest absolute Gasteiger partial charge is 0.489 e. The summed E-state index contributed by atoms with van der Waals surface area (Å²) in [6.45, 7) is 5.39. The van der Waals surface area contributed by atoms with Crippen molar-refractivity contribution >= 4 is 44.9 Å². The SMILES string of the molecule is CC(C)Oc1c(C(C)C(=O)CCc2nccnc2Cl)cc(Cl)c(F)c1Br. The van der Waals surface area contributed by atoms with Crippen LogP contribution in [0.25, 0.3) is 0 Å². The van der Waals surface area contributed by atoms with Crippen LogP contribution < -0.4 is 4.74 Å². The normalized spacial score (nSPS) is 12.3. The third-order valence-electron chi connectivity index (χ3n) is 3.78. The van der Waals surface area contributed by atoms with Crippen molar-refractivity contribution in [1.29, 1.82) is 0 Å². The Labute approximate surface area is 170 Å². The Morgan fingerprint density at radius 2 is 1.92 bits per heavy atom. The number of Topliss-reactive ketones (excluding diaryl/α,β-unsaturated/α-hetero) is 1. The van der Waals surface area contributed by atoms with E-state index in [-0.39, 0.29) is 33.0 Å². The number of aryl methyl sites for hydroxylation is 1. The molecule has 0 amide bonds. The zero-order valence-electron chi connectivity index (χ0n) is 14.5. The van der Waals surface area contributed by atoms with Crippen molar-refractivity contribution in [2.24, 2.45) is 0 Å². The fraction of sp³-hybridized carbons (Fsp3) is 0.389. The number of hydrogen-bond donors (Lipinski definition) is 0. The van der Waals surface area contributed by atoms with Crippen LogP contribution in [-0.4, -0.2) is 21.9 Å². The number of ketones is 1. The third kappa shape index (κ3) is 4.93. The van der Waals surface area contributed by atoms with Gasteiger partial charge in [-0.1, -0.05) is 30.1 Å². The second-order valence-electron chi connectivity index (χ2n) is 6.05. The van der Waals surface area contributed by atoms with Crippen LogP contribution in [0.1, 0.15) is 44.4 Å². The van der Waals surface area contributed by atoms with Gasteiger partial charge in [0.05, 0.1) is 21.3 Å². The van der Waals surface area contributed by atoms with Gasteiger partial charge < -0.3 is 4.74 Å². The number of aromatic nitrogens is 2. The number of carbonyl (C=O) groups excluding carboxylic acids is 1. The summed E-state index contributed by atoms with van der Waals surface area (Å²) in [5.41, 5.74) is 1.10. The van der Waals surface area contributed by atoms with Crippen molar-refractivity contribution in [3.8, 4) is 5.75 Å². The molecule has 0 saturated heterocycles. The maximum absolute atomic E-state index is 14.1. The molecule has 26 heavy (non-hydrogen) atoms. The van der Waals surface area contributed by atoms with Crippen LogP contribution in [0.4, 0.5) is 4.39 Å². The molecule has 2 aromatic rings. The van der Waals surface area contributed by atoms with Gasteiger partial charge in [-0.3, -0.25) is 9.78 Å². The number of hydrogen-bond acceptors (Lipinski definition) is 4. The Morgan fingerprint density at radius 1 is 1.27 bits per heavy atom. The average Bonchev–Trinajstić information content (AvgIpc) is 2.60. The highest BCUT2D eigenvalue weighted by molar-refractivity contribution is 9.10. The van der Waals surface area contributed by atoms with Crippen LogP contribution in [-0.2, 0) is 11.2 Å². The lowest BCUT2D eigenvalue weighted by Gasteiger charge is -2.20. The van der Waals surface area contributed by atoms with Gasteiger partial charge in [0.2, 0.25) is 0 Å². The number of halogens is 4. The van der Waals surface area contributed by atoms with E-state index in [4.69, 9.17) is 27.9 Å². The van der Waals surface area contributed by atoms with E-state index in [2.05, 4.69) is 25.9 Å². The van der Waals surface area contributed by atoms with E-state index in [1.807, 2.05) is 13.8 Å². The Bertz CT molecular complexity index is 818. The summed E-state index contributed by atoms with van der Waals surface area (Å²) < 4.78 is 20.0. The lowest BCUT2D eigenvalue weighted by atomic mass is 9.92. The van der Waals surface area contributed by atoms with Crippen molar-refractivity contribution in [3.63, 3.8) is 0 Å². The molecule has 1 aromatic heterocycles. The number of rotatable bonds is 7. The van der Waals surface area contributed by atoms with Gasteiger partial charge in [-0.25, -0.2) is 9.37 Å². The van der Waals surface area contributed by atoms with Gasteiger partial charge in [0.15, 0.2) is 5.82 Å². The molecule has 140 valence electrons. The number of nitrogens with zero attached hydrogens (tertiary/aromatic N) is 2. The predicted octanol–water partition coefficient (Wildman–Crippen LogP) is 5.78. The molecule has 0 N–H and O–H groups in total. The summed E-state index contributed by atoms with van der Waals surface area (Å²) in [5.74, 6) is -0.916. The van der Waals surface area contributed by atoms with E-state index in [0.717, 1.165) is 0 Å². The predicted molar refractivity (Wildman–Crippen MR) is 104 cm³/mol. The standard InChI is InChI=1S/C18H18BrCl2FN2O2/c1-9(2)26-17-11(8-12(20)16(22)15(17)19)10(3)14(25)5-4-13-18(21)24-7-6-23-13/h6-10H,4-5H2,1-3H3. The molecule has 0 aliphatic rings. The Balaban J connectivity index is 2.26. The zero-order valence-corrected chi connectivity index (χ0v) is 17.6. The molecular weight excluding hydrogens is 446 g/mol. The maximum Gasteiger partial charge on any atom is 0.159 e. The van der Waals surface area contributed by atoms with Gasteiger partial charge in [0.25, 0.3) is 0 Å². The topological polar surface area (TPSA) is 52.1 Å². The molecule has 1 atom stereocenters. The molecule has 2 rings (SSSR count). The molecule has 8 heteroatoms. The van der Waals surface area contributed by atoms with Crippen LogP contribution >= 0.6 is 39.1 Å². The van der Waals surface area contributed by atoms with Crippen molar-refractivity contribution in [3.05, 3.63) is 50.2 Å². The first-order valence-corrected chi connectivity index (χ1v) is 9.59. The lowest BCUT2D eigenvalue weighted by Crippen LogP contribution is -2.15. The van der Waals surface area contributed by atoms with Crippen LogP contribution in [0.3, 0.4) is 0 Å². The summed E-state index contributed by atoms with van der Waals surface area (Å²) in [4.78, 5) is 20.8. The Hall–Kier alpha value is -1.24. The summed E-state index contributed by atoms with van der Waals surface area (Å²) >= 11 is 15.1. The molecule has 1 aromatic carbocycles. The smallest absolute Gasteiger partial charge is 0.159 e. The molecule has 0 spiro atoms. The average molecular weight is 464 g/mol. The van der Waals surface area contributed by atoms with E-state index >= 15 is 0 Å². The Kier molecular flexibility index (Phi) is 7.38. The van der Waals surface area contributed by atoms with Crippen LogP contribution in [0, 0.1) is 5.82 Å². The molecule has 0 saturated carbocycles. The quantitative estimate of drug-likeness (QED) is 0.488. The molecule has 0 aliphatic heterocycles. The molecule has 0 aliphatic carbocycles. The van der Waals surface area contributed by atoms with E-state index in [9.17, 15) is 9.18 Å². The van der Waals surface area contributed by atoms with Crippen LogP contribution in [0.15, 0.2) is 22.9 Å². The highest BCUT2D eigenvalue weighted by Gasteiger charge is 2.25. The summed E-state index contributed by atoms with van der Waals surface area (Å²) in [6, 6.07) is 1.44. The van der Waals surface area contributed by atoms with Gasteiger partial charge in [-0.15, -0.1) is 0 Å². The molecule has 4 nitrogen and oxygen atoms in total. The second-order valence-corrected chi connectivity index (χ2v) is 7.61. The van der Waals surface area contributed by atoms with E-state index in [1.165, 1.54) is 18.5 Å². The third-order valence-corrected chi connectivity index (χ3v) is 5.08. The summed E-state index contributed by atoms with van der Waals surface area (Å²) in [5, 5.41) is 0.212. The zero-order chi connectivity index (χ0) is 19.4. The minimum atomic E-state index is -0.614. The van der Waals surface area contributed by atoms with Crippen molar-refractivity contribution in [2.45, 2.75) is 45.6 Å². The number of carbonyl (C=O) groups is 1. The van der Waals surface area contributed by atoms with Gasteiger partial charge in [-0.05, 0) is 42.3 Å². The highest BCUT2D eigenvalue weighted by Crippen LogP contribution is 2.40. The number of ether oxygens (including phenoxy) is 1. The highest BCUT2D eigenvalue weighted by atomic mass is 79.9. The van der Waals surface area contributed by atoms with Gasteiger partial charge in [-0.2, -0.15) is 0 Å². The molecule has 0 fully saturated rings. The van der Waals surface area contributed by atoms with Crippen molar-refractivity contribution in [1.82, 2.24) is 9.97 Å². The summed E-state index contributed by atoms with van der Waals surface area (Å²) in [7, 11) is 0. The molecule has 0 radical (unpaired) electrons. The molecule has 0 bridgehead atoms. The van der Waals surface area contributed by atoms with Gasteiger partial charge in [0.1, 0.15) is 16.7 Å². The minimum absolute atomic E-state index is 0.0603. The lowest BCUT2D eigenvalue weighted by molar-refractivity contribution is -0.120. The fourth-order valence-electron chi connectivity index (χ4n) is 2.42. The molecule has 1 unspecified atom stereocenters. The first-order valence-electron chi connectivity index (χ1n) is 8.04. The molecule has 1 heterocycles. The number of benzene rings is 1. The van der Waals surface area contributed by atoms with Crippen LogP contribution in [0.5, 0.6) is 5.75 Å². The van der Waals surface area contributed by atoms with Gasteiger partial charge >= 0.3 is 0 Å². The van der Waals surface area contributed by atoms with Crippen molar-refractivity contribution in [2.75, 3.05) is 0 Å². The van der Waals surface area contributed by atoms with Crippen LogP contribution in [0.2, 0.25) is 10.2 Å². The molecular formula is C18H18BrCl2FN2O2. The van der Waals surface area contributed by atoms with E-state index < -0.39 is 11.7 Å².